The van der Waals surface area contributed by atoms with Crippen LogP contribution in [0.3, 0.4) is 0 Å². The largest absolute Gasteiger partial charge is 0.441 e. The van der Waals surface area contributed by atoms with Crippen LogP contribution in [0.15, 0.2) is 29.0 Å². The van der Waals surface area contributed by atoms with E-state index in [9.17, 15) is 0 Å². The quantitative estimate of drug-likeness (QED) is 0.859. The van der Waals surface area contributed by atoms with Crippen molar-refractivity contribution in [2.24, 2.45) is 11.7 Å². The van der Waals surface area contributed by atoms with Gasteiger partial charge >= 0.3 is 0 Å². The van der Waals surface area contributed by atoms with E-state index < -0.39 is 0 Å². The molecule has 3 rings (SSSR count). The van der Waals surface area contributed by atoms with Gasteiger partial charge in [-0.1, -0.05) is 6.07 Å². The van der Waals surface area contributed by atoms with Crippen molar-refractivity contribution in [1.29, 1.82) is 0 Å². The van der Waals surface area contributed by atoms with E-state index in [1.54, 1.807) is 0 Å². The molecule has 1 fully saturated rings. The zero-order valence-corrected chi connectivity index (χ0v) is 9.80. The standard InChI is InChI=1S/C13H17N3O/c14-8-10-4-6-16(7-5-10)12-3-1-2-11-13(12)17-9-15-11/h1-3,9-10H,4-8,14H2. The summed E-state index contributed by atoms with van der Waals surface area (Å²) in [4.78, 5) is 6.57. The molecule has 4 nitrogen and oxygen atoms in total. The molecule has 0 unspecified atom stereocenters. The Hall–Kier alpha value is -1.55. The summed E-state index contributed by atoms with van der Waals surface area (Å²) < 4.78 is 5.48. The molecule has 4 heteroatoms. The fourth-order valence-corrected chi connectivity index (χ4v) is 2.53. The second-order valence-electron chi connectivity index (χ2n) is 4.64. The minimum atomic E-state index is 0.681. The summed E-state index contributed by atoms with van der Waals surface area (Å²) in [5.41, 5.74) is 8.71. The van der Waals surface area contributed by atoms with Crippen LogP contribution in [0.25, 0.3) is 11.1 Å². The third-order valence-electron chi connectivity index (χ3n) is 3.62. The van der Waals surface area contributed by atoms with Gasteiger partial charge in [0.05, 0.1) is 5.69 Å². The van der Waals surface area contributed by atoms with Crippen molar-refractivity contribution in [3.63, 3.8) is 0 Å². The fourth-order valence-electron chi connectivity index (χ4n) is 2.53. The molecule has 90 valence electrons. The summed E-state index contributed by atoms with van der Waals surface area (Å²) in [6.07, 6.45) is 3.85. The number of piperidine rings is 1. The molecule has 0 spiro atoms. The summed E-state index contributed by atoms with van der Waals surface area (Å²) >= 11 is 0. The Labute approximate surface area is 100 Å². The number of hydrogen-bond acceptors (Lipinski definition) is 4. The predicted molar refractivity (Wildman–Crippen MR) is 68.0 cm³/mol. The van der Waals surface area contributed by atoms with E-state index in [1.165, 1.54) is 19.2 Å². The lowest BCUT2D eigenvalue weighted by Gasteiger charge is -2.32. The van der Waals surface area contributed by atoms with E-state index in [2.05, 4.69) is 16.0 Å². The highest BCUT2D eigenvalue weighted by atomic mass is 16.3. The second-order valence-corrected chi connectivity index (χ2v) is 4.64. The van der Waals surface area contributed by atoms with E-state index in [4.69, 9.17) is 10.2 Å². The smallest absolute Gasteiger partial charge is 0.182 e. The first-order chi connectivity index (χ1) is 8.38. The van der Waals surface area contributed by atoms with E-state index in [0.29, 0.717) is 5.92 Å². The number of nitrogens with zero attached hydrogens (tertiary/aromatic N) is 2. The van der Waals surface area contributed by atoms with Gasteiger partial charge in [0.25, 0.3) is 0 Å². The number of hydrogen-bond donors (Lipinski definition) is 1. The van der Waals surface area contributed by atoms with Crippen LogP contribution in [0.5, 0.6) is 0 Å². The summed E-state index contributed by atoms with van der Waals surface area (Å²) in [7, 11) is 0. The summed E-state index contributed by atoms with van der Waals surface area (Å²) in [6, 6.07) is 6.13. The first-order valence-electron chi connectivity index (χ1n) is 6.15. The molecule has 1 aliphatic rings. The summed E-state index contributed by atoms with van der Waals surface area (Å²) in [5.74, 6) is 0.681. The van der Waals surface area contributed by atoms with Gasteiger partial charge in [0.15, 0.2) is 12.0 Å². The zero-order chi connectivity index (χ0) is 11.7. The Bertz CT molecular complexity index is 500. The lowest BCUT2D eigenvalue weighted by Crippen LogP contribution is -2.36. The Morgan fingerprint density at radius 1 is 1.35 bits per heavy atom. The Morgan fingerprint density at radius 2 is 2.18 bits per heavy atom. The molecule has 2 aromatic rings. The molecular weight excluding hydrogens is 214 g/mol. The molecule has 17 heavy (non-hydrogen) atoms. The van der Waals surface area contributed by atoms with Crippen LogP contribution in [0.2, 0.25) is 0 Å². The zero-order valence-electron chi connectivity index (χ0n) is 9.80. The number of aromatic nitrogens is 1. The molecule has 0 saturated carbocycles. The molecule has 0 bridgehead atoms. The van der Waals surface area contributed by atoms with Crippen molar-refractivity contribution < 1.29 is 4.42 Å². The van der Waals surface area contributed by atoms with Crippen molar-refractivity contribution in [3.05, 3.63) is 24.6 Å². The predicted octanol–water partition coefficient (Wildman–Crippen LogP) is 2.00. The van der Waals surface area contributed by atoms with Crippen LogP contribution in [-0.2, 0) is 0 Å². The van der Waals surface area contributed by atoms with Gasteiger partial charge in [0.2, 0.25) is 0 Å². The number of nitrogens with two attached hydrogens (primary N) is 1. The second kappa shape index (κ2) is 4.37. The number of anilines is 1. The van der Waals surface area contributed by atoms with E-state index in [1.807, 2.05) is 12.1 Å². The van der Waals surface area contributed by atoms with Crippen LogP contribution in [0, 0.1) is 5.92 Å². The highest BCUT2D eigenvalue weighted by Crippen LogP contribution is 2.29. The Balaban J connectivity index is 1.87. The number of fused-ring (bicyclic) bond motifs is 1. The first kappa shape index (κ1) is 10.6. The maximum atomic E-state index is 5.71. The average molecular weight is 231 g/mol. The number of benzene rings is 1. The van der Waals surface area contributed by atoms with Crippen molar-refractivity contribution in [2.45, 2.75) is 12.8 Å². The van der Waals surface area contributed by atoms with E-state index in [0.717, 1.165) is 36.4 Å². The molecule has 0 aliphatic carbocycles. The van der Waals surface area contributed by atoms with Crippen LogP contribution >= 0.6 is 0 Å². The average Bonchev–Trinajstić information content (AvgIpc) is 2.87. The molecule has 0 atom stereocenters. The van der Waals surface area contributed by atoms with Gasteiger partial charge in [-0.05, 0) is 37.4 Å². The molecule has 1 aromatic heterocycles. The molecule has 1 saturated heterocycles. The van der Waals surface area contributed by atoms with Gasteiger partial charge in [0, 0.05) is 13.1 Å². The Kier molecular flexibility index (Phi) is 2.73. The van der Waals surface area contributed by atoms with Gasteiger partial charge in [-0.15, -0.1) is 0 Å². The number of para-hydroxylation sites is 1. The van der Waals surface area contributed by atoms with Crippen LogP contribution in [0.1, 0.15) is 12.8 Å². The van der Waals surface area contributed by atoms with Crippen molar-refractivity contribution in [3.8, 4) is 0 Å². The van der Waals surface area contributed by atoms with Crippen LogP contribution in [0.4, 0.5) is 5.69 Å². The first-order valence-corrected chi connectivity index (χ1v) is 6.15. The normalized spacial score (nSPS) is 17.8. The minimum absolute atomic E-state index is 0.681. The van der Waals surface area contributed by atoms with Crippen molar-refractivity contribution in [2.75, 3.05) is 24.5 Å². The van der Waals surface area contributed by atoms with Crippen molar-refractivity contribution >= 4 is 16.8 Å². The fraction of sp³-hybridized carbons (Fsp3) is 0.462. The lowest BCUT2D eigenvalue weighted by atomic mass is 9.97. The summed E-state index contributed by atoms with van der Waals surface area (Å²) in [6.45, 7) is 2.92. The third kappa shape index (κ3) is 1.89. The van der Waals surface area contributed by atoms with Crippen molar-refractivity contribution in [1.82, 2.24) is 4.98 Å². The molecular formula is C13H17N3O. The lowest BCUT2D eigenvalue weighted by molar-refractivity contribution is 0.414. The number of oxazole rings is 1. The molecule has 0 radical (unpaired) electrons. The molecule has 0 amide bonds. The van der Waals surface area contributed by atoms with E-state index >= 15 is 0 Å². The molecule has 2 N–H and O–H groups in total. The molecule has 1 aromatic carbocycles. The highest BCUT2D eigenvalue weighted by Gasteiger charge is 2.20. The van der Waals surface area contributed by atoms with E-state index in [-0.39, 0.29) is 0 Å². The Morgan fingerprint density at radius 3 is 2.94 bits per heavy atom. The minimum Gasteiger partial charge on any atom is -0.441 e. The van der Waals surface area contributed by atoms with Gasteiger partial charge in [-0.25, -0.2) is 4.98 Å². The maximum absolute atomic E-state index is 5.71. The van der Waals surface area contributed by atoms with Gasteiger partial charge < -0.3 is 15.1 Å². The van der Waals surface area contributed by atoms with Gasteiger partial charge in [-0.2, -0.15) is 0 Å². The van der Waals surface area contributed by atoms with Gasteiger partial charge in [-0.3, -0.25) is 0 Å². The summed E-state index contributed by atoms with van der Waals surface area (Å²) in [5, 5.41) is 0. The molecule has 2 heterocycles. The monoisotopic (exact) mass is 231 g/mol. The third-order valence-corrected chi connectivity index (χ3v) is 3.62. The van der Waals surface area contributed by atoms with Crippen LogP contribution in [-0.4, -0.2) is 24.6 Å². The highest BCUT2D eigenvalue weighted by molar-refractivity contribution is 5.86. The molecule has 1 aliphatic heterocycles. The number of rotatable bonds is 2. The maximum Gasteiger partial charge on any atom is 0.182 e. The topological polar surface area (TPSA) is 55.3 Å². The SMILES string of the molecule is NCC1CCN(c2cccc3ncoc23)CC1. The van der Waals surface area contributed by atoms with Crippen LogP contribution < -0.4 is 10.6 Å². The van der Waals surface area contributed by atoms with Gasteiger partial charge in [0.1, 0.15) is 5.52 Å².